The number of hydrogen-bond donors (Lipinski definition) is 0. The van der Waals surface area contributed by atoms with Gasteiger partial charge >= 0.3 is 5.97 Å². The Labute approximate surface area is 106 Å². The highest BCUT2D eigenvalue weighted by Crippen LogP contribution is 2.27. The number of carbonyl (C=O) groups excluding carboxylic acids is 1. The molecule has 4 heteroatoms. The molecular formula is C14H15NO3. The Balaban J connectivity index is 2.49. The topological polar surface area (TPSA) is 52.3 Å². The Bertz CT molecular complexity index is 531. The van der Waals surface area contributed by atoms with Crippen LogP contribution in [-0.4, -0.2) is 17.7 Å². The molecule has 1 aromatic carbocycles. The zero-order chi connectivity index (χ0) is 13.0. The number of hydrogen-bond acceptors (Lipinski definition) is 4. The van der Waals surface area contributed by atoms with Crippen molar-refractivity contribution < 1.29 is 14.1 Å². The Kier molecular flexibility index (Phi) is 3.77. The van der Waals surface area contributed by atoms with Crippen molar-refractivity contribution in [3.63, 3.8) is 0 Å². The van der Waals surface area contributed by atoms with E-state index in [1.165, 1.54) is 0 Å². The minimum atomic E-state index is -0.380. The molecule has 0 radical (unpaired) electrons. The van der Waals surface area contributed by atoms with Gasteiger partial charge in [-0.3, -0.25) is 0 Å². The quantitative estimate of drug-likeness (QED) is 0.777. The summed E-state index contributed by atoms with van der Waals surface area (Å²) in [6.45, 7) is 4.04. The summed E-state index contributed by atoms with van der Waals surface area (Å²) in [5.41, 5.74) is 1.89. The van der Waals surface area contributed by atoms with Crippen molar-refractivity contribution in [3.8, 4) is 11.3 Å². The number of esters is 1. The highest BCUT2D eigenvalue weighted by atomic mass is 16.5. The maximum Gasteiger partial charge on any atom is 0.344 e. The van der Waals surface area contributed by atoms with E-state index in [1.807, 2.05) is 37.3 Å². The second-order valence-corrected chi connectivity index (χ2v) is 3.77. The summed E-state index contributed by atoms with van der Waals surface area (Å²) in [4.78, 5) is 12.0. The molecule has 0 unspecified atom stereocenters. The van der Waals surface area contributed by atoms with Crippen LogP contribution in [0, 0.1) is 0 Å². The summed E-state index contributed by atoms with van der Waals surface area (Å²) in [5.74, 6) is 0.0975. The third-order valence-electron chi connectivity index (χ3n) is 2.61. The molecule has 0 aliphatic heterocycles. The summed E-state index contributed by atoms with van der Waals surface area (Å²) in [7, 11) is 0. The molecule has 0 spiro atoms. The van der Waals surface area contributed by atoms with Gasteiger partial charge in [0.05, 0.1) is 12.3 Å². The number of ether oxygens (including phenoxy) is 1. The lowest BCUT2D eigenvalue weighted by Crippen LogP contribution is -2.07. The smallest absolute Gasteiger partial charge is 0.344 e. The molecule has 0 atom stereocenters. The third kappa shape index (κ3) is 2.27. The largest absolute Gasteiger partial charge is 0.462 e. The van der Waals surface area contributed by atoms with Gasteiger partial charge in [0, 0.05) is 5.56 Å². The first-order valence-electron chi connectivity index (χ1n) is 5.99. The van der Waals surface area contributed by atoms with Gasteiger partial charge in [0.25, 0.3) is 0 Å². The molecule has 2 aromatic rings. The van der Waals surface area contributed by atoms with Crippen molar-refractivity contribution in [1.29, 1.82) is 0 Å². The number of benzene rings is 1. The molecule has 1 aromatic heterocycles. The van der Waals surface area contributed by atoms with E-state index in [0.29, 0.717) is 30.0 Å². The zero-order valence-electron chi connectivity index (χ0n) is 10.5. The highest BCUT2D eigenvalue weighted by Gasteiger charge is 2.23. The molecule has 0 fully saturated rings. The van der Waals surface area contributed by atoms with Crippen LogP contribution in [0.5, 0.6) is 0 Å². The van der Waals surface area contributed by atoms with E-state index < -0.39 is 0 Å². The van der Waals surface area contributed by atoms with Crippen molar-refractivity contribution in [2.75, 3.05) is 6.61 Å². The molecule has 2 rings (SSSR count). The Morgan fingerprint density at radius 1 is 1.28 bits per heavy atom. The van der Waals surface area contributed by atoms with Crippen LogP contribution < -0.4 is 0 Å². The molecule has 18 heavy (non-hydrogen) atoms. The first-order chi connectivity index (χ1) is 8.77. The van der Waals surface area contributed by atoms with Crippen molar-refractivity contribution in [2.45, 2.75) is 20.3 Å². The maximum absolute atomic E-state index is 12.0. The lowest BCUT2D eigenvalue weighted by atomic mass is 10.1. The van der Waals surface area contributed by atoms with Gasteiger partial charge in [0.2, 0.25) is 0 Å². The number of rotatable bonds is 4. The van der Waals surface area contributed by atoms with Crippen LogP contribution in [0.2, 0.25) is 0 Å². The van der Waals surface area contributed by atoms with Crippen LogP contribution in [0.3, 0.4) is 0 Å². The number of aromatic nitrogens is 1. The summed E-state index contributed by atoms with van der Waals surface area (Å²) >= 11 is 0. The molecular weight excluding hydrogens is 230 g/mol. The predicted octanol–water partition coefficient (Wildman–Crippen LogP) is 3.08. The summed E-state index contributed by atoms with van der Waals surface area (Å²) in [6, 6.07) is 9.44. The summed E-state index contributed by atoms with van der Waals surface area (Å²) < 4.78 is 10.3. The van der Waals surface area contributed by atoms with Crippen LogP contribution in [0.1, 0.15) is 29.9 Å². The summed E-state index contributed by atoms with van der Waals surface area (Å²) in [6.07, 6.45) is 0.629. The molecule has 0 N–H and O–H groups in total. The second-order valence-electron chi connectivity index (χ2n) is 3.77. The van der Waals surface area contributed by atoms with E-state index in [1.54, 1.807) is 6.92 Å². The molecule has 1 heterocycles. The summed E-state index contributed by atoms with van der Waals surface area (Å²) in [5, 5.41) is 3.94. The van der Waals surface area contributed by atoms with Gasteiger partial charge in [-0.1, -0.05) is 42.4 Å². The molecule has 0 aliphatic carbocycles. The lowest BCUT2D eigenvalue weighted by Gasteiger charge is -2.03. The Morgan fingerprint density at radius 3 is 2.61 bits per heavy atom. The van der Waals surface area contributed by atoms with Crippen molar-refractivity contribution >= 4 is 5.97 Å². The van der Waals surface area contributed by atoms with Crippen LogP contribution >= 0.6 is 0 Å². The normalized spacial score (nSPS) is 10.3. The third-order valence-corrected chi connectivity index (χ3v) is 2.61. The molecule has 4 nitrogen and oxygen atoms in total. The van der Waals surface area contributed by atoms with E-state index >= 15 is 0 Å². The molecule has 0 aliphatic rings. The molecule has 0 bridgehead atoms. The predicted molar refractivity (Wildman–Crippen MR) is 67.3 cm³/mol. The van der Waals surface area contributed by atoms with Crippen molar-refractivity contribution in [2.24, 2.45) is 0 Å². The average molecular weight is 245 g/mol. The second kappa shape index (κ2) is 5.49. The first kappa shape index (κ1) is 12.4. The van der Waals surface area contributed by atoms with Crippen molar-refractivity contribution in [3.05, 3.63) is 41.6 Å². The highest BCUT2D eigenvalue weighted by molar-refractivity contribution is 5.96. The fourth-order valence-electron chi connectivity index (χ4n) is 1.76. The van der Waals surface area contributed by atoms with Gasteiger partial charge in [-0.2, -0.15) is 0 Å². The van der Waals surface area contributed by atoms with Crippen molar-refractivity contribution in [1.82, 2.24) is 5.16 Å². The molecule has 94 valence electrons. The van der Waals surface area contributed by atoms with Gasteiger partial charge in [-0.15, -0.1) is 0 Å². The lowest BCUT2D eigenvalue weighted by molar-refractivity contribution is 0.0525. The van der Waals surface area contributed by atoms with Gasteiger partial charge in [0.15, 0.2) is 5.76 Å². The van der Waals surface area contributed by atoms with Gasteiger partial charge < -0.3 is 9.26 Å². The SMILES string of the molecule is CCOC(=O)c1c(CC)noc1-c1ccccc1. The van der Waals surface area contributed by atoms with Gasteiger partial charge in [-0.25, -0.2) is 4.79 Å². The van der Waals surface area contributed by atoms with E-state index in [0.717, 1.165) is 5.56 Å². The van der Waals surface area contributed by atoms with Gasteiger partial charge in [-0.05, 0) is 13.3 Å². The van der Waals surface area contributed by atoms with Crippen LogP contribution in [-0.2, 0) is 11.2 Å². The minimum Gasteiger partial charge on any atom is -0.462 e. The van der Waals surface area contributed by atoms with E-state index in [4.69, 9.17) is 9.26 Å². The number of carbonyl (C=O) groups is 1. The average Bonchev–Trinajstić information content (AvgIpc) is 2.84. The Hall–Kier alpha value is -2.10. The number of nitrogens with zero attached hydrogens (tertiary/aromatic N) is 1. The zero-order valence-corrected chi connectivity index (χ0v) is 10.5. The first-order valence-corrected chi connectivity index (χ1v) is 5.99. The van der Waals surface area contributed by atoms with Crippen LogP contribution in [0.25, 0.3) is 11.3 Å². The number of aryl methyl sites for hydroxylation is 1. The van der Waals surface area contributed by atoms with Gasteiger partial charge in [0.1, 0.15) is 5.56 Å². The fourth-order valence-corrected chi connectivity index (χ4v) is 1.76. The molecule has 0 amide bonds. The van der Waals surface area contributed by atoms with E-state index in [2.05, 4.69) is 5.16 Å². The minimum absolute atomic E-state index is 0.335. The molecule has 0 saturated carbocycles. The van der Waals surface area contributed by atoms with E-state index in [-0.39, 0.29) is 5.97 Å². The fraction of sp³-hybridized carbons (Fsp3) is 0.286. The maximum atomic E-state index is 12.0. The monoisotopic (exact) mass is 245 g/mol. The van der Waals surface area contributed by atoms with Crippen LogP contribution in [0.4, 0.5) is 0 Å². The Morgan fingerprint density at radius 2 is 2.00 bits per heavy atom. The van der Waals surface area contributed by atoms with E-state index in [9.17, 15) is 4.79 Å². The molecule has 0 saturated heterocycles. The van der Waals surface area contributed by atoms with Crippen LogP contribution in [0.15, 0.2) is 34.9 Å². The standard InChI is InChI=1S/C14H15NO3/c1-3-11-12(14(16)17-4-2)13(18-15-11)10-8-6-5-7-9-10/h5-9H,3-4H2,1-2H3.